The summed E-state index contributed by atoms with van der Waals surface area (Å²) in [6, 6.07) is -3.39. The molecule has 0 aromatic heterocycles. The van der Waals surface area contributed by atoms with Crippen LogP contribution in [0.1, 0.15) is 124 Å². The number of carboxylic acids is 3. The van der Waals surface area contributed by atoms with E-state index in [4.69, 9.17) is 0 Å². The van der Waals surface area contributed by atoms with Crippen molar-refractivity contribution in [2.75, 3.05) is 6.54 Å². The largest absolute Gasteiger partial charge is 0.544 e. The topological polar surface area (TPSA) is 115 Å². The predicted molar refractivity (Wildman–Crippen MR) is 138 cm³/mol. The molecule has 0 aromatic rings. The maximum Gasteiger partial charge on any atom is 0.362 e. The molecular weight excluding hydrogens is 446 g/mol. The maximum atomic E-state index is 12.2. The van der Waals surface area contributed by atoms with E-state index >= 15 is 0 Å². The summed E-state index contributed by atoms with van der Waals surface area (Å²) >= 11 is 0. The highest BCUT2D eigenvalue weighted by molar-refractivity contribution is 5.77. The van der Waals surface area contributed by atoms with Gasteiger partial charge in [-0.25, -0.2) is 9.59 Å². The summed E-state index contributed by atoms with van der Waals surface area (Å²) < 4.78 is -0.478. The van der Waals surface area contributed by atoms with E-state index in [2.05, 4.69) is 19.1 Å². The molecule has 7 heteroatoms. The molecule has 0 bridgehead atoms. The van der Waals surface area contributed by atoms with Crippen molar-refractivity contribution in [2.24, 2.45) is 0 Å². The Balaban J connectivity index is 5.02. The van der Waals surface area contributed by atoms with Crippen molar-refractivity contribution in [3.05, 3.63) is 12.2 Å². The van der Waals surface area contributed by atoms with Gasteiger partial charge in [0.1, 0.15) is 6.04 Å². The highest BCUT2D eigenvalue weighted by Crippen LogP contribution is 2.32. The van der Waals surface area contributed by atoms with Crippen LogP contribution in [0, 0.1) is 0 Å². The summed E-state index contributed by atoms with van der Waals surface area (Å²) in [5.41, 5.74) is 0. The van der Waals surface area contributed by atoms with Crippen LogP contribution in [0.5, 0.6) is 0 Å². The first-order valence-corrected chi connectivity index (χ1v) is 13.9. The number of nitrogens with zero attached hydrogens (tertiary/aromatic N) is 1. The first kappa shape index (κ1) is 33.1. The number of unbranched alkanes of at least 4 members (excludes halogenated alkanes) is 10. The molecule has 3 atom stereocenters. The van der Waals surface area contributed by atoms with Gasteiger partial charge < -0.3 is 20.1 Å². The van der Waals surface area contributed by atoms with E-state index in [-0.39, 0.29) is 25.8 Å². The number of carboxylic acid groups (broad SMARTS) is 3. The van der Waals surface area contributed by atoms with Crippen molar-refractivity contribution in [3.63, 3.8) is 0 Å². The summed E-state index contributed by atoms with van der Waals surface area (Å²) in [6.07, 6.45) is 18.2. The Bertz CT molecular complexity index is 578. The minimum absolute atomic E-state index is 0.124. The summed E-state index contributed by atoms with van der Waals surface area (Å²) in [6.45, 7) is 7.45. The molecule has 0 aromatic carbocycles. The van der Waals surface area contributed by atoms with Crippen LogP contribution in [0.15, 0.2) is 12.2 Å². The lowest BCUT2D eigenvalue weighted by atomic mass is 9.94. The quantitative estimate of drug-likeness (QED) is 0.112. The van der Waals surface area contributed by atoms with E-state index in [1.165, 1.54) is 38.5 Å². The van der Waals surface area contributed by atoms with Crippen LogP contribution in [-0.4, -0.2) is 57.3 Å². The van der Waals surface area contributed by atoms with E-state index in [0.717, 1.165) is 32.1 Å². The number of rotatable bonds is 23. The third-order valence-electron chi connectivity index (χ3n) is 7.30. The molecule has 35 heavy (non-hydrogen) atoms. The maximum absolute atomic E-state index is 12.2. The number of allylic oxidation sites excluding steroid dienone is 2. The Morgan fingerprint density at radius 3 is 1.43 bits per heavy atom. The van der Waals surface area contributed by atoms with Gasteiger partial charge in [0.2, 0.25) is 0 Å². The number of carbonyl (C=O) groups excluding carboxylic acids is 1. The molecule has 0 rings (SSSR count). The van der Waals surface area contributed by atoms with Gasteiger partial charge in [-0.05, 0) is 38.5 Å². The van der Waals surface area contributed by atoms with Crippen molar-refractivity contribution < 1.29 is 34.2 Å². The van der Waals surface area contributed by atoms with Gasteiger partial charge in [0.05, 0.1) is 12.5 Å². The van der Waals surface area contributed by atoms with E-state index in [9.17, 15) is 29.7 Å². The van der Waals surface area contributed by atoms with Crippen molar-refractivity contribution in [2.45, 2.75) is 142 Å². The molecule has 0 aliphatic rings. The minimum atomic E-state index is -1.37. The second-order valence-electron chi connectivity index (χ2n) is 9.72. The molecule has 204 valence electrons. The predicted octanol–water partition coefficient (Wildman–Crippen LogP) is 5.32. The number of hydrogen-bond acceptors (Lipinski definition) is 4. The summed E-state index contributed by atoms with van der Waals surface area (Å²) in [5.74, 6) is -3.67. The number of carbonyl (C=O) groups is 3. The fraction of sp³-hybridized carbons (Fsp3) is 0.821. The molecule has 0 saturated carbocycles. The van der Waals surface area contributed by atoms with Gasteiger partial charge in [-0.15, -0.1) is 0 Å². The molecule has 3 unspecified atom stereocenters. The average Bonchev–Trinajstić information content (AvgIpc) is 2.79. The Kier molecular flexibility index (Phi) is 18.3. The van der Waals surface area contributed by atoms with Gasteiger partial charge in [0.15, 0.2) is 12.1 Å². The van der Waals surface area contributed by atoms with Crippen LogP contribution in [0.4, 0.5) is 0 Å². The monoisotopic (exact) mass is 497 g/mol. The molecule has 0 spiro atoms. The Morgan fingerprint density at radius 2 is 1.06 bits per heavy atom. The Labute approximate surface area is 213 Å². The molecule has 2 N–H and O–H groups in total. The van der Waals surface area contributed by atoms with E-state index in [1.807, 2.05) is 0 Å². The van der Waals surface area contributed by atoms with Crippen molar-refractivity contribution >= 4 is 17.9 Å². The highest BCUT2D eigenvalue weighted by atomic mass is 16.4. The van der Waals surface area contributed by atoms with Gasteiger partial charge in [-0.3, -0.25) is 4.48 Å². The number of hydrogen-bond donors (Lipinski definition) is 2. The Morgan fingerprint density at radius 1 is 0.657 bits per heavy atom. The normalized spacial score (nSPS) is 16.0. The molecule has 0 radical (unpaired) electrons. The van der Waals surface area contributed by atoms with Crippen LogP contribution in [0.2, 0.25) is 0 Å². The molecule has 0 fully saturated rings. The highest BCUT2D eigenvalue weighted by Gasteiger charge is 2.53. The van der Waals surface area contributed by atoms with Crippen LogP contribution in [-0.2, 0) is 14.4 Å². The smallest absolute Gasteiger partial charge is 0.362 e. The lowest BCUT2D eigenvalue weighted by molar-refractivity contribution is -0.974. The van der Waals surface area contributed by atoms with Gasteiger partial charge in [-0.1, -0.05) is 78.4 Å². The second kappa shape index (κ2) is 19.3. The number of aliphatic carboxylic acids is 3. The van der Waals surface area contributed by atoms with Crippen molar-refractivity contribution in [1.82, 2.24) is 0 Å². The van der Waals surface area contributed by atoms with Gasteiger partial charge in [0.25, 0.3) is 0 Å². The third kappa shape index (κ3) is 11.1. The SMILES string of the molecule is CCCCCCCC/C=C/CCCCCC[N+](C(CC)C(=O)[O-])(C(CC)C(=O)O)C(CC)C(=O)O. The molecule has 0 aliphatic heterocycles. The third-order valence-corrected chi connectivity index (χ3v) is 7.30. The second-order valence-corrected chi connectivity index (χ2v) is 9.72. The molecule has 0 saturated heterocycles. The minimum Gasteiger partial charge on any atom is -0.544 e. The molecule has 0 amide bonds. The van der Waals surface area contributed by atoms with E-state index in [1.54, 1.807) is 20.8 Å². The molecule has 0 aliphatic carbocycles. The lowest BCUT2D eigenvalue weighted by Crippen LogP contribution is -2.73. The zero-order valence-corrected chi connectivity index (χ0v) is 22.7. The Hall–Kier alpha value is -1.89. The van der Waals surface area contributed by atoms with E-state index in [0.29, 0.717) is 6.42 Å². The van der Waals surface area contributed by atoms with Crippen molar-refractivity contribution in [1.29, 1.82) is 0 Å². The zero-order chi connectivity index (χ0) is 26.7. The fourth-order valence-corrected chi connectivity index (χ4v) is 5.54. The van der Waals surface area contributed by atoms with Crippen LogP contribution >= 0.6 is 0 Å². The van der Waals surface area contributed by atoms with Crippen LogP contribution in [0.25, 0.3) is 0 Å². The van der Waals surface area contributed by atoms with Crippen molar-refractivity contribution in [3.8, 4) is 0 Å². The first-order valence-electron chi connectivity index (χ1n) is 13.9. The lowest BCUT2D eigenvalue weighted by Gasteiger charge is -2.51. The fourth-order valence-electron chi connectivity index (χ4n) is 5.54. The zero-order valence-electron chi connectivity index (χ0n) is 22.7. The first-order chi connectivity index (χ1) is 16.7. The molecular formula is C28H51NO6. The molecule has 0 heterocycles. The number of quaternary nitrogens is 1. The molecule has 7 nitrogen and oxygen atoms in total. The van der Waals surface area contributed by atoms with Gasteiger partial charge in [-0.2, -0.15) is 0 Å². The van der Waals surface area contributed by atoms with Gasteiger partial charge in [0, 0.05) is 19.3 Å². The summed E-state index contributed by atoms with van der Waals surface area (Å²) in [4.78, 5) is 36.5. The van der Waals surface area contributed by atoms with Crippen LogP contribution in [0.3, 0.4) is 0 Å². The van der Waals surface area contributed by atoms with Crippen LogP contribution < -0.4 is 5.11 Å². The summed E-state index contributed by atoms with van der Waals surface area (Å²) in [5, 5.41) is 32.0. The van der Waals surface area contributed by atoms with E-state index < -0.39 is 40.5 Å². The summed E-state index contributed by atoms with van der Waals surface area (Å²) in [7, 11) is 0. The average molecular weight is 498 g/mol. The standard InChI is InChI=1S/C28H51NO6/c1-5-9-10-11-12-13-14-15-16-17-18-19-20-21-22-29(23(6-2)26(30)31,24(7-3)27(32)33)25(8-4)28(34)35/h15-16,23-25H,5-14,17-22H2,1-4H3,(H2-,30,31,32,33,34,35)/b16-15+. The van der Waals surface area contributed by atoms with Gasteiger partial charge >= 0.3 is 11.9 Å².